The summed E-state index contributed by atoms with van der Waals surface area (Å²) in [7, 11) is 0. The van der Waals surface area contributed by atoms with E-state index in [1.165, 1.54) is 18.2 Å². The van der Waals surface area contributed by atoms with E-state index in [0.717, 1.165) is 17.7 Å². The summed E-state index contributed by atoms with van der Waals surface area (Å²) in [6.45, 7) is -0.141. The Balaban J connectivity index is 1.64. The van der Waals surface area contributed by atoms with Crippen LogP contribution in [-0.2, 0) is 28.7 Å². The van der Waals surface area contributed by atoms with Gasteiger partial charge in [-0.3, -0.25) is 4.79 Å². The smallest absolute Gasteiger partial charge is 0.416 e. The van der Waals surface area contributed by atoms with Crippen molar-refractivity contribution >= 4 is 24.6 Å². The normalized spacial score (nSPS) is 12.2. The topological polar surface area (TPSA) is 63.6 Å². The lowest BCUT2D eigenvalue weighted by Gasteiger charge is -2.15. The van der Waals surface area contributed by atoms with Crippen molar-refractivity contribution in [3.8, 4) is 0 Å². The average molecular weight is 460 g/mol. The molecule has 0 aliphatic heterocycles. The van der Waals surface area contributed by atoms with Gasteiger partial charge in [-0.1, -0.05) is 54.6 Å². The molecule has 32 heavy (non-hydrogen) atoms. The molecule has 0 heterocycles. The summed E-state index contributed by atoms with van der Waals surface area (Å²) in [6.07, 6.45) is -4.47. The van der Waals surface area contributed by atoms with Crippen LogP contribution in [0.15, 0.2) is 72.8 Å². The molecule has 4 nitrogen and oxygen atoms in total. The van der Waals surface area contributed by atoms with Gasteiger partial charge in [0.15, 0.2) is 0 Å². The molecule has 3 aromatic carbocycles. The highest BCUT2D eigenvalue weighted by Crippen LogP contribution is 2.31. The Morgan fingerprint density at radius 1 is 0.938 bits per heavy atom. The van der Waals surface area contributed by atoms with Gasteiger partial charge in [0.05, 0.1) is 22.8 Å². The first kappa shape index (κ1) is 23.4. The van der Waals surface area contributed by atoms with Gasteiger partial charge < -0.3 is 9.84 Å². The van der Waals surface area contributed by atoms with Gasteiger partial charge in [-0.15, -0.1) is 0 Å². The molecule has 0 bridgehead atoms. The third kappa shape index (κ3) is 5.91. The van der Waals surface area contributed by atoms with Crippen molar-refractivity contribution in [3.05, 3.63) is 106 Å². The monoisotopic (exact) mass is 460 g/mol. The quantitative estimate of drug-likeness (QED) is 0.350. The summed E-state index contributed by atoms with van der Waals surface area (Å²) in [5.74, 6) is -1.59. The first-order chi connectivity index (χ1) is 15.1. The standard InChI is InChI=1S/C24H19F3O4S/c25-24(26,27)18-10-8-15(9-11-18)14-31-21(28)13-16-4-3-5-17(12-16)22(32)19-6-1-2-7-20(19)23(29)30/h1-12,22,32H,13-14H2,(H,29,30). The van der Waals surface area contributed by atoms with Crippen molar-refractivity contribution in [2.24, 2.45) is 0 Å². The number of hydrogen-bond donors (Lipinski definition) is 2. The SMILES string of the molecule is O=C(Cc1cccc(C(S)c2ccccc2C(=O)O)c1)OCc1ccc(C(F)(F)F)cc1. The van der Waals surface area contributed by atoms with E-state index in [0.29, 0.717) is 16.7 Å². The zero-order chi connectivity index (χ0) is 23.3. The van der Waals surface area contributed by atoms with E-state index in [1.54, 1.807) is 42.5 Å². The summed E-state index contributed by atoms with van der Waals surface area (Å²) >= 11 is 4.57. The maximum atomic E-state index is 12.6. The second-order valence-electron chi connectivity index (χ2n) is 7.07. The van der Waals surface area contributed by atoms with Crippen LogP contribution in [-0.4, -0.2) is 17.0 Å². The Morgan fingerprint density at radius 3 is 2.28 bits per heavy atom. The number of carbonyl (C=O) groups is 2. The number of halogens is 3. The molecule has 166 valence electrons. The lowest BCUT2D eigenvalue weighted by atomic mass is 9.97. The fraction of sp³-hybridized carbons (Fsp3) is 0.167. The van der Waals surface area contributed by atoms with Crippen molar-refractivity contribution in [2.45, 2.75) is 24.5 Å². The Morgan fingerprint density at radius 2 is 1.62 bits per heavy atom. The summed E-state index contributed by atoms with van der Waals surface area (Å²) in [5.41, 5.74) is 1.72. The first-order valence-electron chi connectivity index (χ1n) is 9.56. The van der Waals surface area contributed by atoms with Gasteiger partial charge in [-0.2, -0.15) is 25.8 Å². The minimum absolute atomic E-state index is 0.0461. The number of thiol groups is 1. The molecule has 3 rings (SSSR count). The highest BCUT2D eigenvalue weighted by Gasteiger charge is 2.29. The molecule has 0 radical (unpaired) electrons. The lowest BCUT2D eigenvalue weighted by molar-refractivity contribution is -0.144. The average Bonchev–Trinajstić information content (AvgIpc) is 2.77. The van der Waals surface area contributed by atoms with E-state index in [2.05, 4.69) is 12.6 Å². The third-order valence-corrected chi connectivity index (χ3v) is 5.36. The largest absolute Gasteiger partial charge is 0.478 e. The molecule has 1 N–H and O–H groups in total. The Bertz CT molecular complexity index is 1110. The number of alkyl halides is 3. The van der Waals surface area contributed by atoms with E-state index in [1.807, 2.05) is 0 Å². The summed E-state index contributed by atoms with van der Waals surface area (Å²) in [6, 6.07) is 18.0. The molecule has 0 spiro atoms. The highest BCUT2D eigenvalue weighted by atomic mass is 32.1. The predicted molar refractivity (Wildman–Crippen MR) is 116 cm³/mol. The number of hydrogen-bond acceptors (Lipinski definition) is 4. The summed E-state index contributed by atoms with van der Waals surface area (Å²) in [5, 5.41) is 8.88. The molecule has 8 heteroatoms. The van der Waals surface area contributed by atoms with Crippen molar-refractivity contribution < 1.29 is 32.6 Å². The van der Waals surface area contributed by atoms with Crippen LogP contribution < -0.4 is 0 Å². The lowest BCUT2D eigenvalue weighted by Crippen LogP contribution is -2.09. The molecule has 0 aliphatic carbocycles. The molecule has 1 unspecified atom stereocenters. The Labute approximate surface area is 188 Å². The number of esters is 1. The van der Waals surface area contributed by atoms with Crippen LogP contribution in [0.1, 0.15) is 43.4 Å². The van der Waals surface area contributed by atoms with Crippen LogP contribution in [0.3, 0.4) is 0 Å². The second kappa shape index (κ2) is 9.91. The van der Waals surface area contributed by atoms with E-state index in [4.69, 9.17) is 4.74 Å². The van der Waals surface area contributed by atoms with Crippen LogP contribution in [0.4, 0.5) is 13.2 Å². The maximum absolute atomic E-state index is 12.6. The Hall–Kier alpha value is -3.26. The molecule has 0 fully saturated rings. The van der Waals surface area contributed by atoms with Crippen molar-refractivity contribution in [1.29, 1.82) is 0 Å². The first-order valence-corrected chi connectivity index (χ1v) is 10.1. The fourth-order valence-electron chi connectivity index (χ4n) is 3.15. The van der Waals surface area contributed by atoms with Gasteiger partial charge in [0, 0.05) is 0 Å². The van der Waals surface area contributed by atoms with E-state index >= 15 is 0 Å². The molecule has 0 saturated heterocycles. The Kier molecular flexibility index (Phi) is 7.25. The molecule has 0 aliphatic rings. The van der Waals surface area contributed by atoms with Gasteiger partial charge in [0.2, 0.25) is 0 Å². The van der Waals surface area contributed by atoms with E-state index < -0.39 is 28.9 Å². The number of ether oxygens (including phenoxy) is 1. The molecule has 3 aromatic rings. The highest BCUT2D eigenvalue weighted by molar-refractivity contribution is 7.80. The maximum Gasteiger partial charge on any atom is 0.416 e. The molecule has 0 saturated carbocycles. The van der Waals surface area contributed by atoms with Crippen LogP contribution in [0.25, 0.3) is 0 Å². The predicted octanol–water partition coefficient (Wildman–Crippen LogP) is 5.71. The number of carboxylic acid groups (broad SMARTS) is 1. The van der Waals surface area contributed by atoms with Gasteiger partial charge in [-0.05, 0) is 40.5 Å². The number of carboxylic acids is 1. The van der Waals surface area contributed by atoms with Gasteiger partial charge in [0.1, 0.15) is 6.61 Å². The van der Waals surface area contributed by atoms with Crippen LogP contribution >= 0.6 is 12.6 Å². The molecular weight excluding hydrogens is 441 g/mol. The third-order valence-electron chi connectivity index (χ3n) is 4.78. The number of benzene rings is 3. The number of carbonyl (C=O) groups excluding carboxylic acids is 1. The summed E-state index contributed by atoms with van der Waals surface area (Å²) < 4.78 is 43.0. The van der Waals surface area contributed by atoms with Crippen molar-refractivity contribution in [2.75, 3.05) is 0 Å². The zero-order valence-corrected chi connectivity index (χ0v) is 17.6. The number of rotatable bonds is 7. The molecule has 0 aromatic heterocycles. The molecule has 1 atom stereocenters. The molecule has 0 amide bonds. The van der Waals surface area contributed by atoms with E-state index in [-0.39, 0.29) is 18.6 Å². The second-order valence-corrected chi connectivity index (χ2v) is 7.59. The van der Waals surface area contributed by atoms with Crippen LogP contribution in [0, 0.1) is 0 Å². The van der Waals surface area contributed by atoms with Crippen molar-refractivity contribution in [1.82, 2.24) is 0 Å². The van der Waals surface area contributed by atoms with Crippen LogP contribution in [0.2, 0.25) is 0 Å². The molecular formula is C24H19F3O4S. The minimum Gasteiger partial charge on any atom is -0.478 e. The van der Waals surface area contributed by atoms with Crippen LogP contribution in [0.5, 0.6) is 0 Å². The van der Waals surface area contributed by atoms with Gasteiger partial charge >= 0.3 is 18.1 Å². The number of aromatic carboxylic acids is 1. The minimum atomic E-state index is -4.42. The van der Waals surface area contributed by atoms with E-state index in [9.17, 15) is 27.9 Å². The summed E-state index contributed by atoms with van der Waals surface area (Å²) in [4.78, 5) is 23.7. The van der Waals surface area contributed by atoms with Gasteiger partial charge in [0.25, 0.3) is 0 Å². The van der Waals surface area contributed by atoms with Gasteiger partial charge in [-0.25, -0.2) is 4.79 Å². The fourth-order valence-corrected chi connectivity index (χ4v) is 3.54. The zero-order valence-electron chi connectivity index (χ0n) is 16.7. The van der Waals surface area contributed by atoms with Crippen molar-refractivity contribution in [3.63, 3.8) is 0 Å².